The van der Waals surface area contributed by atoms with E-state index in [4.69, 9.17) is 4.74 Å². The Bertz CT molecular complexity index is 898. The molecule has 0 aliphatic carbocycles. The van der Waals surface area contributed by atoms with Crippen LogP contribution in [-0.4, -0.2) is 49.0 Å². The lowest BCUT2D eigenvalue weighted by Crippen LogP contribution is -2.41. The third-order valence-electron chi connectivity index (χ3n) is 3.88. The summed E-state index contributed by atoms with van der Waals surface area (Å²) in [6.07, 6.45) is -8.93. The number of ether oxygens (including phenoxy) is 4. The lowest BCUT2D eigenvalue weighted by molar-refractivity contribution is -0.767. The van der Waals surface area contributed by atoms with Crippen molar-refractivity contribution in [2.24, 2.45) is 0 Å². The van der Waals surface area contributed by atoms with Gasteiger partial charge in [-0.3, -0.25) is 0 Å². The molecule has 1 heterocycles. The standard InChI is InChI=1S/C18H18F3NO9/c1-9-4-10(2)14-12(5-9)6-13(15(30-14)18(19,20)21)16(23)28-8-29-17(24)27-7-11(3)31-22(25)26/h4-6,11,15H,7-8H2,1-3H3/t11-,15-/m0/s1. The SMILES string of the molecule is Cc1cc(C)c2c(c1)C=C(C(=O)OCOC(=O)OC[C@H](C)O[N+](=O)[O-])[C@@H](C(F)(F)F)O2. The molecule has 0 N–H and O–H groups in total. The van der Waals surface area contributed by atoms with Crippen molar-refractivity contribution >= 4 is 18.2 Å². The molecule has 1 aliphatic rings. The van der Waals surface area contributed by atoms with Gasteiger partial charge in [0.1, 0.15) is 18.5 Å². The normalized spacial score (nSPS) is 16.2. The molecule has 2 atom stereocenters. The summed E-state index contributed by atoms with van der Waals surface area (Å²) in [6, 6.07) is 3.19. The monoisotopic (exact) mass is 449 g/mol. The topological polar surface area (TPSA) is 123 Å². The van der Waals surface area contributed by atoms with Gasteiger partial charge in [0, 0.05) is 5.56 Å². The summed E-state index contributed by atoms with van der Waals surface area (Å²) in [7, 11) is 0. The van der Waals surface area contributed by atoms with E-state index in [1.807, 2.05) is 0 Å². The Balaban J connectivity index is 2.02. The zero-order valence-electron chi connectivity index (χ0n) is 16.6. The van der Waals surface area contributed by atoms with Crippen molar-refractivity contribution in [1.29, 1.82) is 0 Å². The molecule has 1 aliphatic heterocycles. The molecule has 0 saturated heterocycles. The largest absolute Gasteiger partial charge is 0.511 e. The molecule has 170 valence electrons. The van der Waals surface area contributed by atoms with Gasteiger partial charge in [0.2, 0.25) is 12.9 Å². The summed E-state index contributed by atoms with van der Waals surface area (Å²) in [5.41, 5.74) is 0.657. The molecule has 0 bridgehead atoms. The minimum atomic E-state index is -4.91. The van der Waals surface area contributed by atoms with Crippen LogP contribution in [0.25, 0.3) is 6.08 Å². The first-order valence-electron chi connectivity index (χ1n) is 8.72. The van der Waals surface area contributed by atoms with Crippen molar-refractivity contribution in [3.05, 3.63) is 44.5 Å². The van der Waals surface area contributed by atoms with Crippen LogP contribution in [0.3, 0.4) is 0 Å². The van der Waals surface area contributed by atoms with Crippen LogP contribution >= 0.6 is 0 Å². The molecule has 0 spiro atoms. The maximum atomic E-state index is 13.4. The van der Waals surface area contributed by atoms with Crippen LogP contribution in [0.4, 0.5) is 18.0 Å². The van der Waals surface area contributed by atoms with Crippen molar-refractivity contribution in [2.45, 2.75) is 39.2 Å². The molecule has 0 fully saturated rings. The molecule has 0 radical (unpaired) electrons. The average Bonchev–Trinajstić information content (AvgIpc) is 2.63. The Labute approximate surface area is 173 Å². The fourth-order valence-corrected chi connectivity index (χ4v) is 2.71. The predicted molar refractivity (Wildman–Crippen MR) is 95.3 cm³/mol. The van der Waals surface area contributed by atoms with E-state index >= 15 is 0 Å². The second kappa shape index (κ2) is 9.53. The maximum Gasteiger partial charge on any atom is 0.511 e. The molecule has 1 aromatic carbocycles. The second-order valence-electron chi connectivity index (χ2n) is 6.53. The average molecular weight is 449 g/mol. The number of hydrogen-bond acceptors (Lipinski definition) is 9. The van der Waals surface area contributed by atoms with Crippen LogP contribution in [-0.2, 0) is 23.8 Å². The first kappa shape index (κ1) is 23.8. The first-order valence-corrected chi connectivity index (χ1v) is 8.72. The van der Waals surface area contributed by atoms with Gasteiger partial charge in [0.05, 0.1) is 5.57 Å². The van der Waals surface area contributed by atoms with Crippen LogP contribution in [0.1, 0.15) is 23.6 Å². The van der Waals surface area contributed by atoms with Gasteiger partial charge in [-0.25, -0.2) is 9.59 Å². The molecule has 13 heteroatoms. The summed E-state index contributed by atoms with van der Waals surface area (Å²) in [5.74, 6) is -1.42. The van der Waals surface area contributed by atoms with Crippen LogP contribution in [0.5, 0.6) is 5.75 Å². The molecule has 2 rings (SSSR count). The van der Waals surface area contributed by atoms with Crippen LogP contribution in [0.15, 0.2) is 17.7 Å². The van der Waals surface area contributed by atoms with Crippen molar-refractivity contribution in [2.75, 3.05) is 13.4 Å². The summed E-state index contributed by atoms with van der Waals surface area (Å²) in [4.78, 5) is 37.8. The fourth-order valence-electron chi connectivity index (χ4n) is 2.71. The summed E-state index contributed by atoms with van der Waals surface area (Å²) >= 11 is 0. The van der Waals surface area contributed by atoms with Crippen LogP contribution in [0, 0.1) is 24.0 Å². The van der Waals surface area contributed by atoms with Gasteiger partial charge >= 0.3 is 18.3 Å². The minimum Gasteiger partial charge on any atom is -0.475 e. The number of benzene rings is 1. The molecule has 10 nitrogen and oxygen atoms in total. The van der Waals surface area contributed by atoms with E-state index in [1.54, 1.807) is 26.0 Å². The highest BCUT2D eigenvalue weighted by Crippen LogP contribution is 2.39. The zero-order chi connectivity index (χ0) is 23.3. The van der Waals surface area contributed by atoms with Crippen molar-refractivity contribution in [3.63, 3.8) is 0 Å². The number of esters is 1. The summed E-state index contributed by atoms with van der Waals surface area (Å²) < 4.78 is 58.8. The van der Waals surface area contributed by atoms with E-state index in [0.29, 0.717) is 5.56 Å². The van der Waals surface area contributed by atoms with Crippen molar-refractivity contribution in [3.8, 4) is 5.75 Å². The molecule has 31 heavy (non-hydrogen) atoms. The van der Waals surface area contributed by atoms with E-state index in [0.717, 1.165) is 11.6 Å². The van der Waals surface area contributed by atoms with Gasteiger partial charge in [-0.05, 0) is 38.5 Å². The fraction of sp³-hybridized carbons (Fsp3) is 0.444. The Morgan fingerprint density at radius 3 is 2.52 bits per heavy atom. The van der Waals surface area contributed by atoms with Crippen molar-refractivity contribution in [1.82, 2.24) is 0 Å². The van der Waals surface area contributed by atoms with Crippen LogP contribution < -0.4 is 4.74 Å². The predicted octanol–water partition coefficient (Wildman–Crippen LogP) is 3.26. The Hall–Kier alpha value is -3.51. The van der Waals surface area contributed by atoms with Gasteiger partial charge in [0.15, 0.2) is 0 Å². The number of aryl methyl sites for hydroxylation is 2. The Morgan fingerprint density at radius 2 is 1.90 bits per heavy atom. The van der Waals surface area contributed by atoms with Gasteiger partial charge in [-0.2, -0.15) is 13.2 Å². The van der Waals surface area contributed by atoms with E-state index in [9.17, 15) is 32.9 Å². The summed E-state index contributed by atoms with van der Waals surface area (Å²) in [5, 5.41) is 9.04. The maximum absolute atomic E-state index is 13.4. The van der Waals surface area contributed by atoms with E-state index in [-0.39, 0.29) is 11.3 Å². The molecule has 0 saturated carbocycles. The Kier molecular flexibility index (Phi) is 7.31. The highest BCUT2D eigenvalue weighted by atomic mass is 19.4. The lowest BCUT2D eigenvalue weighted by Gasteiger charge is -2.29. The van der Waals surface area contributed by atoms with E-state index in [1.165, 1.54) is 6.92 Å². The molecule has 0 amide bonds. The minimum absolute atomic E-state index is 0.00429. The molecule has 0 unspecified atom stereocenters. The van der Waals surface area contributed by atoms with Gasteiger partial charge in [-0.15, -0.1) is 10.1 Å². The van der Waals surface area contributed by atoms with Gasteiger partial charge in [-0.1, -0.05) is 11.6 Å². The highest BCUT2D eigenvalue weighted by Gasteiger charge is 2.49. The quantitative estimate of drug-likeness (QED) is 0.267. The smallest absolute Gasteiger partial charge is 0.475 e. The van der Waals surface area contributed by atoms with Crippen molar-refractivity contribution < 1.29 is 51.6 Å². The molecule has 0 aromatic heterocycles. The highest BCUT2D eigenvalue weighted by molar-refractivity contribution is 5.96. The van der Waals surface area contributed by atoms with E-state index < -0.39 is 54.6 Å². The zero-order valence-corrected chi connectivity index (χ0v) is 16.6. The second-order valence-corrected chi connectivity index (χ2v) is 6.53. The number of hydrogen-bond donors (Lipinski definition) is 0. The van der Waals surface area contributed by atoms with Gasteiger partial charge in [0.25, 0.3) is 5.09 Å². The number of alkyl halides is 3. The number of halogens is 3. The number of carbonyl (C=O) groups is 2. The number of fused-ring (bicyclic) bond motifs is 1. The molecular weight excluding hydrogens is 431 g/mol. The lowest BCUT2D eigenvalue weighted by atomic mass is 9.97. The molecule has 1 aromatic rings. The first-order chi connectivity index (χ1) is 14.4. The van der Waals surface area contributed by atoms with Crippen LogP contribution in [0.2, 0.25) is 0 Å². The Morgan fingerprint density at radius 1 is 1.23 bits per heavy atom. The third-order valence-corrected chi connectivity index (χ3v) is 3.88. The number of carbonyl (C=O) groups excluding carboxylic acids is 2. The third kappa shape index (κ3) is 6.49. The van der Waals surface area contributed by atoms with E-state index in [2.05, 4.69) is 19.0 Å². The molecular formula is C18H18F3NO9. The number of rotatable bonds is 7. The number of nitrogens with zero attached hydrogens (tertiary/aromatic N) is 1. The van der Waals surface area contributed by atoms with Gasteiger partial charge < -0.3 is 23.8 Å². The summed E-state index contributed by atoms with van der Waals surface area (Å²) in [6.45, 7) is 2.95.